The third-order valence-electron chi connectivity index (χ3n) is 2.69. The summed E-state index contributed by atoms with van der Waals surface area (Å²) in [6.45, 7) is 0.309. The van der Waals surface area contributed by atoms with Gasteiger partial charge in [0, 0.05) is 12.1 Å². The Hall–Kier alpha value is -2.57. The molecule has 7 nitrogen and oxygen atoms in total. The highest BCUT2D eigenvalue weighted by Crippen LogP contribution is 2.30. The van der Waals surface area contributed by atoms with Crippen molar-refractivity contribution >= 4 is 29.2 Å². The van der Waals surface area contributed by atoms with Gasteiger partial charge in [0.1, 0.15) is 5.75 Å². The van der Waals surface area contributed by atoms with Crippen LogP contribution in [0, 0.1) is 0 Å². The van der Waals surface area contributed by atoms with Crippen LogP contribution in [0.4, 0.5) is 11.4 Å². The molecule has 0 saturated carbocycles. The summed E-state index contributed by atoms with van der Waals surface area (Å²) in [6, 6.07) is 4.86. The molecule has 0 fully saturated rings. The fraction of sp³-hybridized carbons (Fsp3) is 0.308. The molecule has 0 radical (unpaired) electrons. The molecule has 2 rings (SSSR count). The minimum absolute atomic E-state index is 0.102. The fourth-order valence-electron chi connectivity index (χ4n) is 1.74. The van der Waals surface area contributed by atoms with Gasteiger partial charge < -0.3 is 20.5 Å². The lowest BCUT2D eigenvalue weighted by Crippen LogP contribution is -2.14. The van der Waals surface area contributed by atoms with Gasteiger partial charge in [-0.3, -0.25) is 14.4 Å². The first-order valence-corrected chi connectivity index (χ1v) is 6.13. The highest BCUT2D eigenvalue weighted by Gasteiger charge is 2.14. The molecular formula is C13H14N2O5. The minimum atomic E-state index is -1.03. The van der Waals surface area contributed by atoms with Crippen molar-refractivity contribution in [2.45, 2.75) is 19.3 Å². The molecule has 0 unspecified atom stereocenters. The van der Waals surface area contributed by atoms with Gasteiger partial charge in [-0.2, -0.15) is 0 Å². The molecule has 0 spiro atoms. The third kappa shape index (κ3) is 3.71. The molecule has 0 aliphatic carbocycles. The number of carbonyl (C=O) groups excluding carboxylic acids is 2. The summed E-state index contributed by atoms with van der Waals surface area (Å²) in [5, 5.41) is 13.8. The minimum Gasteiger partial charge on any atom is -0.491 e. The Labute approximate surface area is 114 Å². The van der Waals surface area contributed by atoms with Gasteiger partial charge in [-0.1, -0.05) is 0 Å². The molecule has 1 heterocycles. The van der Waals surface area contributed by atoms with Crippen molar-refractivity contribution in [3.05, 3.63) is 18.2 Å². The van der Waals surface area contributed by atoms with Crippen molar-refractivity contribution in [3.8, 4) is 5.75 Å². The van der Waals surface area contributed by atoms with Crippen molar-refractivity contribution < 1.29 is 24.2 Å². The SMILES string of the molecule is O=C(O)CCC(=O)Nc1ccc2c(c1)NC(=O)CCO2. The monoisotopic (exact) mass is 278 g/mol. The van der Waals surface area contributed by atoms with Crippen molar-refractivity contribution in [3.63, 3.8) is 0 Å². The van der Waals surface area contributed by atoms with Gasteiger partial charge in [-0.15, -0.1) is 0 Å². The van der Waals surface area contributed by atoms with Crippen LogP contribution < -0.4 is 15.4 Å². The summed E-state index contributed by atoms with van der Waals surface area (Å²) in [4.78, 5) is 33.3. The van der Waals surface area contributed by atoms with E-state index in [9.17, 15) is 14.4 Å². The van der Waals surface area contributed by atoms with E-state index in [4.69, 9.17) is 9.84 Å². The van der Waals surface area contributed by atoms with E-state index in [-0.39, 0.29) is 25.2 Å². The first-order chi connectivity index (χ1) is 9.54. The van der Waals surface area contributed by atoms with E-state index >= 15 is 0 Å². The Kier molecular flexibility index (Phi) is 4.19. The lowest BCUT2D eigenvalue weighted by Gasteiger charge is -2.10. The molecule has 1 aromatic rings. The number of anilines is 2. The van der Waals surface area contributed by atoms with Gasteiger partial charge in [0.05, 0.1) is 25.1 Å². The van der Waals surface area contributed by atoms with Gasteiger partial charge >= 0.3 is 5.97 Å². The van der Waals surface area contributed by atoms with Crippen LogP contribution >= 0.6 is 0 Å². The Morgan fingerprint density at radius 2 is 2.15 bits per heavy atom. The average Bonchev–Trinajstić information content (AvgIpc) is 2.56. The molecule has 0 saturated heterocycles. The van der Waals surface area contributed by atoms with Crippen molar-refractivity contribution in [2.24, 2.45) is 0 Å². The van der Waals surface area contributed by atoms with Gasteiger partial charge in [0.25, 0.3) is 0 Å². The number of carboxylic acids is 1. The number of hydrogen-bond donors (Lipinski definition) is 3. The van der Waals surface area contributed by atoms with Crippen molar-refractivity contribution in [1.29, 1.82) is 0 Å². The van der Waals surface area contributed by atoms with E-state index in [2.05, 4.69) is 10.6 Å². The summed E-state index contributed by atoms with van der Waals surface area (Å²) in [5.74, 6) is -1.03. The number of nitrogens with one attached hydrogen (secondary N) is 2. The zero-order chi connectivity index (χ0) is 14.5. The zero-order valence-electron chi connectivity index (χ0n) is 10.6. The third-order valence-corrected chi connectivity index (χ3v) is 2.69. The Bertz CT molecular complexity index is 556. The molecular weight excluding hydrogens is 264 g/mol. The lowest BCUT2D eigenvalue weighted by molar-refractivity contribution is -0.138. The fourth-order valence-corrected chi connectivity index (χ4v) is 1.74. The highest BCUT2D eigenvalue weighted by molar-refractivity contribution is 5.96. The number of hydrogen-bond acceptors (Lipinski definition) is 4. The molecule has 7 heteroatoms. The molecule has 0 atom stereocenters. The smallest absolute Gasteiger partial charge is 0.303 e. The quantitative estimate of drug-likeness (QED) is 0.767. The topological polar surface area (TPSA) is 105 Å². The van der Waals surface area contributed by atoms with E-state index in [0.717, 1.165) is 0 Å². The number of fused-ring (bicyclic) bond motifs is 1. The second-order valence-corrected chi connectivity index (χ2v) is 4.30. The maximum absolute atomic E-state index is 11.5. The predicted molar refractivity (Wildman–Crippen MR) is 70.7 cm³/mol. The van der Waals surface area contributed by atoms with Crippen LogP contribution in [-0.4, -0.2) is 29.5 Å². The number of rotatable bonds is 4. The number of carboxylic acid groups (broad SMARTS) is 1. The average molecular weight is 278 g/mol. The van der Waals surface area contributed by atoms with Crippen LogP contribution in [0.3, 0.4) is 0 Å². The summed E-state index contributed by atoms with van der Waals surface area (Å²) in [5.41, 5.74) is 0.966. The van der Waals surface area contributed by atoms with Crippen LogP contribution in [0.15, 0.2) is 18.2 Å². The molecule has 1 aliphatic rings. The first-order valence-electron chi connectivity index (χ1n) is 6.13. The largest absolute Gasteiger partial charge is 0.491 e. The van der Waals surface area contributed by atoms with Crippen LogP contribution in [0.2, 0.25) is 0 Å². The standard InChI is InChI=1S/C13H14N2O5/c16-11(3-4-13(18)19)14-8-1-2-10-9(7-8)15-12(17)5-6-20-10/h1-2,7H,3-6H2,(H,14,16)(H,15,17)(H,18,19). The van der Waals surface area contributed by atoms with Crippen molar-refractivity contribution in [1.82, 2.24) is 0 Å². The summed E-state index contributed by atoms with van der Waals surface area (Å²) >= 11 is 0. The number of aliphatic carboxylic acids is 1. The van der Waals surface area contributed by atoms with E-state index in [1.807, 2.05) is 0 Å². The molecule has 20 heavy (non-hydrogen) atoms. The lowest BCUT2D eigenvalue weighted by atomic mass is 10.2. The molecule has 2 amide bonds. The Morgan fingerprint density at radius 1 is 1.35 bits per heavy atom. The number of amides is 2. The molecule has 0 bridgehead atoms. The number of carbonyl (C=O) groups is 3. The zero-order valence-corrected chi connectivity index (χ0v) is 10.6. The molecule has 1 aliphatic heterocycles. The number of ether oxygens (including phenoxy) is 1. The van der Waals surface area contributed by atoms with E-state index in [1.165, 1.54) is 0 Å². The van der Waals surface area contributed by atoms with E-state index in [0.29, 0.717) is 23.7 Å². The number of benzene rings is 1. The van der Waals surface area contributed by atoms with E-state index < -0.39 is 11.9 Å². The van der Waals surface area contributed by atoms with Crippen LogP contribution in [-0.2, 0) is 14.4 Å². The van der Waals surface area contributed by atoms with Gasteiger partial charge in [-0.05, 0) is 18.2 Å². The van der Waals surface area contributed by atoms with E-state index in [1.54, 1.807) is 18.2 Å². The first kappa shape index (κ1) is 13.9. The van der Waals surface area contributed by atoms with Crippen LogP contribution in [0.5, 0.6) is 5.75 Å². The van der Waals surface area contributed by atoms with Crippen LogP contribution in [0.1, 0.15) is 19.3 Å². The van der Waals surface area contributed by atoms with Gasteiger partial charge in [0.2, 0.25) is 11.8 Å². The second kappa shape index (κ2) is 6.05. The van der Waals surface area contributed by atoms with Gasteiger partial charge in [0.15, 0.2) is 0 Å². The second-order valence-electron chi connectivity index (χ2n) is 4.30. The summed E-state index contributed by atoms with van der Waals surface area (Å²) in [6.07, 6.45) is -0.0547. The molecule has 0 aromatic heterocycles. The van der Waals surface area contributed by atoms with Gasteiger partial charge in [-0.25, -0.2) is 0 Å². The Morgan fingerprint density at radius 3 is 2.90 bits per heavy atom. The molecule has 106 valence electrons. The van der Waals surface area contributed by atoms with Crippen molar-refractivity contribution in [2.75, 3.05) is 17.2 Å². The maximum atomic E-state index is 11.5. The molecule has 1 aromatic carbocycles. The summed E-state index contributed by atoms with van der Waals surface area (Å²) < 4.78 is 5.38. The summed E-state index contributed by atoms with van der Waals surface area (Å²) in [7, 11) is 0. The predicted octanol–water partition coefficient (Wildman–Crippen LogP) is 1.21. The molecule has 3 N–H and O–H groups in total. The highest BCUT2D eigenvalue weighted by atomic mass is 16.5. The maximum Gasteiger partial charge on any atom is 0.303 e. The normalized spacial score (nSPS) is 13.5. The van der Waals surface area contributed by atoms with Crippen LogP contribution in [0.25, 0.3) is 0 Å². The Balaban J connectivity index is 2.05.